The summed E-state index contributed by atoms with van der Waals surface area (Å²) in [6, 6.07) is 0. The van der Waals surface area contributed by atoms with E-state index < -0.39 is 6.75 Å². The molecule has 0 aliphatic heterocycles. The summed E-state index contributed by atoms with van der Waals surface area (Å²) in [5, 5.41) is 3.37. The van der Waals surface area contributed by atoms with Crippen molar-refractivity contribution in [1.29, 1.82) is 0 Å². The van der Waals surface area contributed by atoms with Crippen molar-refractivity contribution >= 4 is 12.7 Å². The van der Waals surface area contributed by atoms with Crippen LogP contribution in [0, 0.1) is 0 Å². The third-order valence-electron chi connectivity index (χ3n) is 5.21. The summed E-state index contributed by atoms with van der Waals surface area (Å²) < 4.78 is 0. The van der Waals surface area contributed by atoms with Crippen LogP contribution in [0.1, 0.15) is 110 Å². The molecule has 27 heavy (non-hydrogen) atoms. The minimum absolute atomic E-state index is 0.270. The van der Waals surface area contributed by atoms with Crippen molar-refractivity contribution in [3.63, 3.8) is 0 Å². The Morgan fingerprint density at radius 1 is 0.704 bits per heavy atom. The van der Waals surface area contributed by atoms with Crippen molar-refractivity contribution in [2.45, 2.75) is 110 Å². The molecule has 1 amide bonds. The molecule has 2 nitrogen and oxygen atoms in total. The second-order valence-corrected chi connectivity index (χ2v) is 16.6. The van der Waals surface area contributed by atoms with E-state index in [1.54, 1.807) is 0 Å². The Balaban J connectivity index is 3.47. The number of rotatable bonds is 18. The van der Waals surface area contributed by atoms with Crippen LogP contribution in [-0.4, -0.2) is 32.1 Å². The fraction of sp³-hybridized carbons (Fsp3) is 0.875. The molecule has 0 saturated heterocycles. The molecule has 0 spiro atoms. The van der Waals surface area contributed by atoms with Crippen molar-refractivity contribution in [2.24, 2.45) is 0 Å². The average molecular weight is 400 g/mol. The van der Waals surface area contributed by atoms with Crippen LogP contribution in [0.25, 0.3) is 0 Å². The van der Waals surface area contributed by atoms with E-state index in [4.69, 9.17) is 0 Å². The van der Waals surface area contributed by atoms with E-state index in [1.165, 1.54) is 77.0 Å². The van der Waals surface area contributed by atoms with Crippen LogP contribution in [0.5, 0.6) is 0 Å². The Bertz CT molecular complexity index is 395. The molecule has 1 N–H and O–H groups in total. The van der Waals surface area contributed by atoms with Gasteiger partial charge in [0.25, 0.3) is 0 Å². The van der Waals surface area contributed by atoms with Gasteiger partial charge in [0.15, 0.2) is 0 Å². The Morgan fingerprint density at radius 3 is 1.70 bits per heavy atom. The first kappa shape index (κ1) is 26.6. The number of carbonyl (C=O) groups is 1. The van der Waals surface area contributed by atoms with Crippen LogP contribution in [0.2, 0.25) is 0 Å². The number of hydrogen-bond donors (Lipinski definition) is 1. The summed E-state index contributed by atoms with van der Waals surface area (Å²) in [6.07, 6.45) is 24.7. The molecule has 0 aromatic carbocycles. The predicted molar refractivity (Wildman–Crippen MR) is 127 cm³/mol. The monoisotopic (exact) mass is 399 g/mol. The van der Waals surface area contributed by atoms with E-state index in [9.17, 15) is 4.79 Å². The molecule has 0 fully saturated rings. The topological polar surface area (TPSA) is 29.1 Å². The Hall–Kier alpha value is -0.360. The Labute approximate surface area is 171 Å². The normalized spacial score (nSPS) is 13.6. The second-order valence-electron chi connectivity index (χ2n) is 9.71. The maximum absolute atomic E-state index is 12.2. The van der Waals surface area contributed by atoms with Crippen LogP contribution >= 0.6 is 6.75 Å². The molecular weight excluding hydrogens is 349 g/mol. The molecule has 3 heteroatoms. The maximum atomic E-state index is 12.2. The molecule has 0 aromatic heterocycles. The van der Waals surface area contributed by atoms with Gasteiger partial charge >= 0.3 is 126 Å². The number of hydrogen-bond acceptors (Lipinski definition) is 1. The Morgan fingerprint density at radius 2 is 1.19 bits per heavy atom. The van der Waals surface area contributed by atoms with Gasteiger partial charge in [0.2, 0.25) is 0 Å². The molecule has 0 radical (unpaired) electrons. The van der Waals surface area contributed by atoms with Gasteiger partial charge in [0.1, 0.15) is 0 Å². The summed E-state index contributed by atoms with van der Waals surface area (Å²) in [7, 11) is 0. The summed E-state index contributed by atoms with van der Waals surface area (Å²) >= 11 is 0. The molecule has 0 aromatic rings. The van der Waals surface area contributed by atoms with E-state index in [1.807, 2.05) is 0 Å². The quantitative estimate of drug-likeness (QED) is 0.142. The van der Waals surface area contributed by atoms with E-state index in [2.05, 4.69) is 51.1 Å². The molecule has 0 aliphatic rings. The fourth-order valence-corrected chi connectivity index (χ4v) is 6.43. The van der Waals surface area contributed by atoms with Gasteiger partial charge in [0.05, 0.1) is 0 Å². The van der Waals surface area contributed by atoms with Gasteiger partial charge in [-0.1, -0.05) is 39.0 Å². The number of unbranched alkanes of at least 4 members (excludes halogenated alkanes) is 11. The van der Waals surface area contributed by atoms with Gasteiger partial charge in [-0.15, -0.1) is 0 Å². The average Bonchev–Trinajstić information content (AvgIpc) is 2.57. The molecule has 0 atom stereocenters. The third-order valence-corrected chi connectivity index (χ3v) is 8.30. The fourth-order valence-electron chi connectivity index (χ4n) is 3.71. The number of carbonyl (C=O) groups excluding carboxylic acids is 1. The van der Waals surface area contributed by atoms with Crippen molar-refractivity contribution in [1.82, 2.24) is 5.09 Å². The first-order valence-electron chi connectivity index (χ1n) is 11.8. The molecule has 0 saturated carbocycles. The first-order valence-corrected chi connectivity index (χ1v) is 15.5. The number of nitrogens with one attached hydrogen (secondary N) is 1. The van der Waals surface area contributed by atoms with Crippen LogP contribution in [0.4, 0.5) is 0 Å². The zero-order valence-corrected chi connectivity index (χ0v) is 20.2. The molecule has 0 bridgehead atoms. The number of allylic oxidation sites excluding steroid dienone is 2. The first-order chi connectivity index (χ1) is 12.8. The SMILES string of the molecule is CCCCCCCC/C=C\CCCCCCCC(=O)NP(C)(C)(C)CCC. The van der Waals surface area contributed by atoms with Crippen LogP contribution in [0.3, 0.4) is 0 Å². The van der Waals surface area contributed by atoms with E-state index in [-0.39, 0.29) is 5.91 Å². The van der Waals surface area contributed by atoms with Crippen molar-refractivity contribution < 1.29 is 4.79 Å². The molecule has 0 rings (SSSR count). The Kier molecular flexibility index (Phi) is 15.3. The van der Waals surface area contributed by atoms with Gasteiger partial charge in [-0.05, 0) is 6.42 Å². The van der Waals surface area contributed by atoms with Gasteiger partial charge in [-0.3, -0.25) is 0 Å². The van der Waals surface area contributed by atoms with Gasteiger partial charge < -0.3 is 0 Å². The van der Waals surface area contributed by atoms with Crippen LogP contribution < -0.4 is 5.09 Å². The molecule has 0 heterocycles. The molecule has 0 aliphatic carbocycles. The van der Waals surface area contributed by atoms with Crippen molar-refractivity contribution in [3.05, 3.63) is 12.2 Å². The zero-order chi connectivity index (χ0) is 20.5. The van der Waals surface area contributed by atoms with Crippen molar-refractivity contribution in [3.8, 4) is 0 Å². The van der Waals surface area contributed by atoms with Crippen LogP contribution in [0.15, 0.2) is 12.2 Å². The van der Waals surface area contributed by atoms with Crippen LogP contribution in [-0.2, 0) is 4.79 Å². The zero-order valence-electron chi connectivity index (χ0n) is 19.3. The molecular formula is C24H50NOP. The standard InChI is InChI=1S/C24H50NOP/c1-6-8-9-10-11-12-13-14-15-16-17-18-19-20-21-22-24(26)25-27(3,4,5)23-7-2/h14-15H,6-13,16-23H2,1-5H3,(H,25,26)/b15-14-. The minimum atomic E-state index is -1.95. The summed E-state index contributed by atoms with van der Waals surface area (Å²) in [4.78, 5) is 12.2. The van der Waals surface area contributed by atoms with Crippen molar-refractivity contribution in [2.75, 3.05) is 26.2 Å². The van der Waals surface area contributed by atoms with E-state index >= 15 is 0 Å². The summed E-state index contributed by atoms with van der Waals surface area (Å²) in [5.74, 6) is 0.270. The number of amides is 1. The summed E-state index contributed by atoms with van der Waals surface area (Å²) in [5.41, 5.74) is 0. The van der Waals surface area contributed by atoms with E-state index in [0.29, 0.717) is 6.42 Å². The van der Waals surface area contributed by atoms with Gasteiger partial charge in [-0.25, -0.2) is 0 Å². The van der Waals surface area contributed by atoms with Gasteiger partial charge in [-0.2, -0.15) is 0 Å². The second kappa shape index (κ2) is 15.5. The third kappa shape index (κ3) is 18.8. The van der Waals surface area contributed by atoms with E-state index in [0.717, 1.165) is 19.0 Å². The molecule has 162 valence electrons. The molecule has 0 unspecified atom stereocenters. The van der Waals surface area contributed by atoms with Gasteiger partial charge in [0, 0.05) is 0 Å². The summed E-state index contributed by atoms with van der Waals surface area (Å²) in [6.45, 7) is 9.34. The predicted octanol–water partition coefficient (Wildman–Crippen LogP) is 7.91.